The van der Waals surface area contributed by atoms with Crippen molar-refractivity contribution in [3.05, 3.63) is 34.9 Å². The van der Waals surface area contributed by atoms with Crippen LogP contribution in [0.1, 0.15) is 37.3 Å². The Bertz CT molecular complexity index is 468. The number of hydrogen-bond acceptors (Lipinski definition) is 3. The van der Waals surface area contributed by atoms with E-state index in [-0.39, 0.29) is 11.6 Å². The van der Waals surface area contributed by atoms with Crippen molar-refractivity contribution in [1.29, 1.82) is 0 Å². The highest BCUT2D eigenvalue weighted by Crippen LogP contribution is 2.46. The minimum atomic E-state index is 0.184. The lowest BCUT2D eigenvalue weighted by atomic mass is 9.81. The van der Waals surface area contributed by atoms with Crippen molar-refractivity contribution < 1.29 is 4.74 Å². The smallest absolute Gasteiger partial charge is 0.0594 e. The Morgan fingerprint density at radius 1 is 1.19 bits per heavy atom. The summed E-state index contributed by atoms with van der Waals surface area (Å²) in [5, 5.41) is 4.44. The van der Waals surface area contributed by atoms with Crippen molar-refractivity contribution in [1.82, 2.24) is 10.2 Å². The summed E-state index contributed by atoms with van der Waals surface area (Å²) in [5.74, 6) is 0. The fraction of sp³-hybridized carbons (Fsp3) is 0.647. The van der Waals surface area contributed by atoms with E-state index in [0.717, 1.165) is 31.3 Å². The molecule has 1 aliphatic heterocycles. The highest BCUT2D eigenvalue weighted by molar-refractivity contribution is 6.31. The molecule has 4 heteroatoms. The van der Waals surface area contributed by atoms with E-state index < -0.39 is 0 Å². The van der Waals surface area contributed by atoms with Gasteiger partial charge in [-0.15, -0.1) is 0 Å². The predicted molar refractivity (Wildman–Crippen MR) is 86.8 cm³/mol. The summed E-state index contributed by atoms with van der Waals surface area (Å²) in [6.45, 7) is 3.76. The molecule has 1 atom stereocenters. The molecule has 1 saturated heterocycles. The van der Waals surface area contributed by atoms with Gasteiger partial charge in [0.1, 0.15) is 0 Å². The van der Waals surface area contributed by atoms with E-state index in [1.54, 1.807) is 0 Å². The minimum Gasteiger partial charge on any atom is -0.379 e. The number of likely N-dealkylation sites (N-methyl/N-ethyl adjacent to an activating group) is 1. The molecule has 21 heavy (non-hydrogen) atoms. The Morgan fingerprint density at radius 2 is 1.86 bits per heavy atom. The molecule has 3 nitrogen and oxygen atoms in total. The number of nitrogens with zero attached hydrogens (tertiary/aromatic N) is 1. The Hall–Kier alpha value is -0.610. The fourth-order valence-corrected chi connectivity index (χ4v) is 4.45. The number of hydrogen-bond donors (Lipinski definition) is 1. The Kier molecular flexibility index (Phi) is 4.85. The van der Waals surface area contributed by atoms with Crippen molar-refractivity contribution in [2.75, 3.05) is 33.4 Å². The summed E-state index contributed by atoms with van der Waals surface area (Å²) in [4.78, 5) is 2.65. The van der Waals surface area contributed by atoms with E-state index in [9.17, 15) is 0 Å². The van der Waals surface area contributed by atoms with Crippen LogP contribution in [0.3, 0.4) is 0 Å². The Morgan fingerprint density at radius 3 is 2.48 bits per heavy atom. The highest BCUT2D eigenvalue weighted by Gasteiger charge is 2.46. The maximum atomic E-state index is 6.49. The zero-order valence-corrected chi connectivity index (χ0v) is 13.5. The van der Waals surface area contributed by atoms with Crippen LogP contribution < -0.4 is 5.32 Å². The standard InChI is InChI=1S/C17H25ClN2O/c1-19-16(14-6-2-3-7-15(14)18)17(8-4-5-9-17)20-10-12-21-13-11-20/h2-3,6-7,16,19H,4-5,8-13H2,1H3. The largest absolute Gasteiger partial charge is 0.379 e. The zero-order valence-electron chi connectivity index (χ0n) is 12.8. The zero-order chi connectivity index (χ0) is 14.7. The molecule has 0 spiro atoms. The summed E-state index contributed by atoms with van der Waals surface area (Å²) in [7, 11) is 2.06. The van der Waals surface area contributed by atoms with Crippen molar-refractivity contribution in [2.24, 2.45) is 0 Å². The van der Waals surface area contributed by atoms with Gasteiger partial charge >= 0.3 is 0 Å². The second-order valence-corrected chi connectivity index (χ2v) is 6.56. The average Bonchev–Trinajstić information content (AvgIpc) is 3.01. The molecular formula is C17H25ClN2O. The summed E-state index contributed by atoms with van der Waals surface area (Å²) in [5.41, 5.74) is 1.42. The minimum absolute atomic E-state index is 0.184. The van der Waals surface area contributed by atoms with E-state index in [4.69, 9.17) is 16.3 Å². The van der Waals surface area contributed by atoms with E-state index in [2.05, 4.69) is 29.4 Å². The van der Waals surface area contributed by atoms with Gasteiger partial charge in [0.25, 0.3) is 0 Å². The van der Waals surface area contributed by atoms with E-state index >= 15 is 0 Å². The molecular weight excluding hydrogens is 284 g/mol. The van der Waals surface area contributed by atoms with Crippen molar-refractivity contribution in [3.8, 4) is 0 Å². The first kappa shape index (κ1) is 15.3. The van der Waals surface area contributed by atoms with Crippen molar-refractivity contribution in [3.63, 3.8) is 0 Å². The molecule has 0 radical (unpaired) electrons. The molecule has 1 saturated carbocycles. The molecule has 1 unspecified atom stereocenters. The lowest BCUT2D eigenvalue weighted by molar-refractivity contribution is -0.0354. The second kappa shape index (κ2) is 6.66. The number of ether oxygens (including phenoxy) is 1. The first-order valence-corrected chi connectivity index (χ1v) is 8.40. The van der Waals surface area contributed by atoms with Gasteiger partial charge < -0.3 is 10.1 Å². The van der Waals surface area contributed by atoms with Gasteiger partial charge in [0, 0.05) is 23.7 Å². The quantitative estimate of drug-likeness (QED) is 0.924. The fourth-order valence-electron chi connectivity index (χ4n) is 4.21. The average molecular weight is 309 g/mol. The molecule has 1 aliphatic carbocycles. The van der Waals surface area contributed by atoms with Crippen LogP contribution in [-0.2, 0) is 4.74 Å². The maximum absolute atomic E-state index is 6.49. The molecule has 3 rings (SSSR count). The summed E-state index contributed by atoms with van der Waals surface area (Å²) >= 11 is 6.49. The van der Waals surface area contributed by atoms with Crippen LogP contribution >= 0.6 is 11.6 Å². The first-order chi connectivity index (χ1) is 10.3. The molecule has 1 aromatic rings. The van der Waals surface area contributed by atoms with Crippen molar-refractivity contribution >= 4 is 11.6 Å². The Labute approximate surface area is 132 Å². The summed E-state index contributed by atoms with van der Waals surface area (Å²) in [6.07, 6.45) is 5.09. The molecule has 1 heterocycles. The van der Waals surface area contributed by atoms with Gasteiger partial charge in [-0.1, -0.05) is 42.6 Å². The number of benzene rings is 1. The lowest BCUT2D eigenvalue weighted by Gasteiger charge is -2.48. The van der Waals surface area contributed by atoms with Gasteiger partial charge in [0.05, 0.1) is 19.3 Å². The van der Waals surface area contributed by atoms with Gasteiger partial charge in [0.2, 0.25) is 0 Å². The van der Waals surface area contributed by atoms with Gasteiger partial charge in [0.15, 0.2) is 0 Å². The van der Waals surface area contributed by atoms with Gasteiger partial charge in [-0.3, -0.25) is 4.90 Å². The molecule has 0 bridgehead atoms. The second-order valence-electron chi connectivity index (χ2n) is 6.15. The first-order valence-electron chi connectivity index (χ1n) is 8.02. The molecule has 0 amide bonds. The SMILES string of the molecule is CNC(c1ccccc1Cl)C1(N2CCOCC2)CCCC1. The number of rotatable bonds is 4. The molecule has 1 aromatic carbocycles. The van der Waals surface area contributed by atoms with Crippen LogP contribution in [0.5, 0.6) is 0 Å². The molecule has 2 aliphatic rings. The monoisotopic (exact) mass is 308 g/mol. The van der Waals surface area contributed by atoms with Crippen LogP contribution in [0.25, 0.3) is 0 Å². The van der Waals surface area contributed by atoms with Crippen LogP contribution in [0.4, 0.5) is 0 Å². The third-order valence-corrected chi connectivity index (χ3v) is 5.50. The van der Waals surface area contributed by atoms with Gasteiger partial charge in [-0.25, -0.2) is 0 Å². The van der Waals surface area contributed by atoms with Gasteiger partial charge in [-0.2, -0.15) is 0 Å². The third kappa shape index (κ3) is 2.85. The van der Waals surface area contributed by atoms with Crippen molar-refractivity contribution in [2.45, 2.75) is 37.3 Å². The molecule has 0 aromatic heterocycles. The van der Waals surface area contributed by atoms with Crippen LogP contribution in [0, 0.1) is 0 Å². The van der Waals surface area contributed by atoms with E-state index in [1.807, 2.05) is 12.1 Å². The van der Waals surface area contributed by atoms with E-state index in [0.29, 0.717) is 0 Å². The third-order valence-electron chi connectivity index (χ3n) is 5.15. The highest BCUT2D eigenvalue weighted by atomic mass is 35.5. The number of halogens is 1. The number of nitrogens with one attached hydrogen (secondary N) is 1. The van der Waals surface area contributed by atoms with Gasteiger partial charge in [-0.05, 0) is 31.5 Å². The van der Waals surface area contributed by atoms with Crippen LogP contribution in [0.2, 0.25) is 5.02 Å². The van der Waals surface area contributed by atoms with E-state index in [1.165, 1.54) is 31.2 Å². The summed E-state index contributed by atoms with van der Waals surface area (Å²) < 4.78 is 5.56. The normalized spacial score (nSPS) is 24.1. The Balaban J connectivity index is 1.96. The topological polar surface area (TPSA) is 24.5 Å². The predicted octanol–water partition coefficient (Wildman–Crippen LogP) is 3.25. The molecule has 1 N–H and O–H groups in total. The lowest BCUT2D eigenvalue weighted by Crippen LogP contribution is -2.57. The van der Waals surface area contributed by atoms with Crippen LogP contribution in [-0.4, -0.2) is 43.8 Å². The van der Waals surface area contributed by atoms with Crippen LogP contribution in [0.15, 0.2) is 24.3 Å². The molecule has 116 valence electrons. The maximum Gasteiger partial charge on any atom is 0.0594 e. The summed E-state index contributed by atoms with van der Waals surface area (Å²) in [6, 6.07) is 8.56. The number of morpholine rings is 1. The molecule has 2 fully saturated rings.